The molecule has 264 valence electrons. The van der Waals surface area contributed by atoms with Gasteiger partial charge in [0.05, 0.1) is 30.5 Å². The number of allylic oxidation sites excluding steroid dienone is 1. The molecule has 1 unspecified atom stereocenters. The zero-order valence-corrected chi connectivity index (χ0v) is 29.1. The molecule has 4 heterocycles. The molecule has 1 N–H and O–H groups in total. The predicted molar refractivity (Wildman–Crippen MR) is 204 cm³/mol. The molecule has 1 aliphatic rings. The van der Waals surface area contributed by atoms with E-state index in [-0.39, 0.29) is 17.8 Å². The second-order valence-electron chi connectivity index (χ2n) is 12.7. The van der Waals surface area contributed by atoms with E-state index in [0.29, 0.717) is 56.0 Å². The number of nitrogens with zero attached hydrogens (tertiary/aromatic N) is 5. The number of fused-ring (bicyclic) bond motifs is 1. The molecule has 11 heteroatoms. The number of esters is 1. The summed E-state index contributed by atoms with van der Waals surface area (Å²) in [6.45, 7) is 1.83. The van der Waals surface area contributed by atoms with E-state index in [1.165, 1.54) is 23.8 Å². The van der Waals surface area contributed by atoms with Gasteiger partial charge in [-0.25, -0.2) is 19.6 Å². The normalized spacial score (nSPS) is 14.8. The Morgan fingerprint density at radius 3 is 2.26 bits per heavy atom. The van der Waals surface area contributed by atoms with Crippen LogP contribution in [0, 0.1) is 6.92 Å². The lowest BCUT2D eigenvalue weighted by atomic mass is 9.86. The molecule has 1 aliphatic heterocycles. The van der Waals surface area contributed by atoms with Gasteiger partial charge in [0.15, 0.2) is 11.4 Å². The van der Waals surface area contributed by atoms with Crippen LogP contribution in [0.1, 0.15) is 43.6 Å². The number of pyridine rings is 1. The number of aromatic nitrogens is 4. The van der Waals surface area contributed by atoms with Gasteiger partial charge in [0, 0.05) is 28.9 Å². The maximum atomic E-state index is 14.4. The summed E-state index contributed by atoms with van der Waals surface area (Å²) in [5.41, 5.74) is 3.89. The first-order chi connectivity index (χ1) is 26.3. The Balaban J connectivity index is 1.33. The van der Waals surface area contributed by atoms with E-state index in [1.54, 1.807) is 36.7 Å². The van der Waals surface area contributed by atoms with Crippen molar-refractivity contribution in [3.8, 4) is 33.6 Å². The molecule has 7 aromatic rings. The van der Waals surface area contributed by atoms with E-state index in [9.17, 15) is 19.5 Å². The molecular weight excluding hydrogens is 683 g/mol. The Kier molecular flexibility index (Phi) is 8.59. The summed E-state index contributed by atoms with van der Waals surface area (Å²) in [5.74, 6) is -0.788. The van der Waals surface area contributed by atoms with Crippen LogP contribution < -0.4 is 5.56 Å². The third kappa shape index (κ3) is 5.77. The number of carboxylic acids is 1. The Hall–Kier alpha value is -7.27. The van der Waals surface area contributed by atoms with E-state index < -0.39 is 23.0 Å². The van der Waals surface area contributed by atoms with Gasteiger partial charge in [0.1, 0.15) is 17.1 Å². The number of ether oxygens (including phenoxy) is 1. The van der Waals surface area contributed by atoms with Crippen LogP contribution in [0.5, 0.6) is 0 Å². The van der Waals surface area contributed by atoms with Crippen molar-refractivity contribution in [3.63, 3.8) is 0 Å². The zero-order valence-electron chi connectivity index (χ0n) is 29.1. The number of carbonyl (C=O) groups is 2. The van der Waals surface area contributed by atoms with E-state index in [0.717, 1.165) is 11.1 Å². The third-order valence-electron chi connectivity index (χ3n) is 9.56. The zero-order chi connectivity index (χ0) is 37.4. The standard InChI is InChI=1S/C43H31N5O6/c1-26-35(37(47-54-26)29-12-7-4-8-13-29)34-20-23-44-42(46-34)43(21-9-22-45-43)31-18-19-32-33(24-31)36(28-10-5-3-6-11-28)38(41(52)53-2)48(39(32)49)25-27-14-16-30(17-15-27)40(50)51/h3-24H,25H2,1-2H3,(H,50,51). The van der Waals surface area contributed by atoms with Crippen molar-refractivity contribution in [1.29, 1.82) is 0 Å². The fraction of sp³-hybridized carbons (Fsp3) is 0.0930. The monoisotopic (exact) mass is 713 g/mol. The fourth-order valence-corrected chi connectivity index (χ4v) is 6.94. The largest absolute Gasteiger partial charge is 0.478 e. The van der Waals surface area contributed by atoms with Crippen LogP contribution >= 0.6 is 0 Å². The molecule has 0 saturated carbocycles. The molecule has 4 aromatic carbocycles. The van der Waals surface area contributed by atoms with Crippen LogP contribution in [0.4, 0.5) is 0 Å². The first kappa shape index (κ1) is 33.9. The molecule has 0 fully saturated rings. The number of rotatable bonds is 9. The first-order valence-corrected chi connectivity index (χ1v) is 17.0. The van der Waals surface area contributed by atoms with Gasteiger partial charge in [0.2, 0.25) is 0 Å². The van der Waals surface area contributed by atoms with Crippen molar-refractivity contribution in [2.75, 3.05) is 7.11 Å². The molecule has 0 bridgehead atoms. The van der Waals surface area contributed by atoms with Crippen LogP contribution in [0.25, 0.3) is 44.4 Å². The van der Waals surface area contributed by atoms with E-state index in [1.807, 2.05) is 91.9 Å². The summed E-state index contributed by atoms with van der Waals surface area (Å²) in [4.78, 5) is 54.4. The Bertz CT molecular complexity index is 2690. The van der Waals surface area contributed by atoms with Gasteiger partial charge in [-0.15, -0.1) is 0 Å². The Morgan fingerprint density at radius 2 is 1.59 bits per heavy atom. The van der Waals surface area contributed by atoms with Crippen molar-refractivity contribution >= 4 is 28.9 Å². The highest BCUT2D eigenvalue weighted by molar-refractivity contribution is 6.07. The van der Waals surface area contributed by atoms with Gasteiger partial charge in [-0.3, -0.25) is 14.4 Å². The molecule has 3 aromatic heterocycles. The number of benzene rings is 4. The van der Waals surface area contributed by atoms with Gasteiger partial charge in [0.25, 0.3) is 5.56 Å². The lowest BCUT2D eigenvalue weighted by molar-refractivity contribution is 0.0588. The van der Waals surface area contributed by atoms with E-state index in [2.05, 4.69) is 5.16 Å². The summed E-state index contributed by atoms with van der Waals surface area (Å²) in [5, 5.41) is 14.6. The lowest BCUT2D eigenvalue weighted by Gasteiger charge is -2.25. The lowest BCUT2D eigenvalue weighted by Crippen LogP contribution is -2.29. The molecule has 0 spiro atoms. The summed E-state index contributed by atoms with van der Waals surface area (Å²) >= 11 is 0. The van der Waals surface area contributed by atoms with Crippen molar-refractivity contribution in [2.24, 2.45) is 4.99 Å². The number of aliphatic imine (C=N–C) groups is 1. The van der Waals surface area contributed by atoms with Crippen molar-refractivity contribution in [1.82, 2.24) is 19.7 Å². The van der Waals surface area contributed by atoms with Gasteiger partial charge < -0.3 is 14.4 Å². The second-order valence-corrected chi connectivity index (χ2v) is 12.7. The summed E-state index contributed by atoms with van der Waals surface area (Å²) < 4.78 is 12.3. The van der Waals surface area contributed by atoms with Crippen molar-refractivity contribution < 1.29 is 24.0 Å². The number of methoxy groups -OCH3 is 1. The highest BCUT2D eigenvalue weighted by atomic mass is 16.5. The third-order valence-corrected chi connectivity index (χ3v) is 9.56. The van der Waals surface area contributed by atoms with Crippen LogP contribution in [-0.4, -0.2) is 50.1 Å². The van der Waals surface area contributed by atoms with E-state index >= 15 is 0 Å². The summed E-state index contributed by atoms with van der Waals surface area (Å²) in [6.07, 6.45) is 7.09. The minimum absolute atomic E-state index is 0.00839. The number of carboxylic acid groups (broad SMARTS) is 1. The predicted octanol–water partition coefficient (Wildman–Crippen LogP) is 7.51. The number of aromatic carboxylic acids is 1. The molecule has 0 radical (unpaired) electrons. The van der Waals surface area contributed by atoms with E-state index in [4.69, 9.17) is 24.2 Å². The molecular formula is C43H31N5O6. The van der Waals surface area contributed by atoms with Gasteiger partial charge in [-0.05, 0) is 71.5 Å². The highest BCUT2D eigenvalue weighted by Gasteiger charge is 2.37. The van der Waals surface area contributed by atoms with Crippen LogP contribution in [0.15, 0.2) is 142 Å². The smallest absolute Gasteiger partial charge is 0.355 e. The minimum Gasteiger partial charge on any atom is -0.478 e. The highest BCUT2D eigenvalue weighted by Crippen LogP contribution is 2.41. The van der Waals surface area contributed by atoms with Crippen LogP contribution in [0.2, 0.25) is 0 Å². The Labute approximate surface area is 308 Å². The Morgan fingerprint density at radius 1 is 0.870 bits per heavy atom. The topological polar surface area (TPSA) is 150 Å². The quantitative estimate of drug-likeness (QED) is 0.150. The van der Waals surface area contributed by atoms with Crippen molar-refractivity contribution in [2.45, 2.75) is 19.0 Å². The second kappa shape index (κ2) is 13.7. The minimum atomic E-state index is -1.18. The van der Waals surface area contributed by atoms with Gasteiger partial charge >= 0.3 is 11.9 Å². The summed E-state index contributed by atoms with van der Waals surface area (Å²) in [6, 6.07) is 32.4. The molecule has 54 heavy (non-hydrogen) atoms. The maximum absolute atomic E-state index is 14.4. The van der Waals surface area contributed by atoms with Gasteiger partial charge in [-0.2, -0.15) is 0 Å². The SMILES string of the molecule is COC(=O)c1c(-c2ccccc2)c2cc(C3(c4nccc(-c5c(-c6ccccc6)noc5C)n4)C=CC=N3)ccc2c(=O)n1Cc1ccc(C(=O)O)cc1. The molecule has 0 aliphatic carbocycles. The molecule has 0 saturated heterocycles. The average molecular weight is 714 g/mol. The number of hydrogen-bond donors (Lipinski definition) is 1. The maximum Gasteiger partial charge on any atom is 0.355 e. The number of aryl methyl sites for hydroxylation is 1. The molecule has 0 amide bonds. The molecule has 1 atom stereocenters. The molecule has 8 rings (SSSR count). The van der Waals surface area contributed by atoms with Gasteiger partial charge in [-0.1, -0.05) is 84.0 Å². The molecule has 11 nitrogen and oxygen atoms in total. The first-order valence-electron chi connectivity index (χ1n) is 17.0. The van der Waals surface area contributed by atoms with Crippen LogP contribution in [-0.2, 0) is 16.8 Å². The van der Waals surface area contributed by atoms with Crippen LogP contribution in [0.3, 0.4) is 0 Å². The fourth-order valence-electron chi connectivity index (χ4n) is 6.94. The number of carbonyl (C=O) groups excluding carboxylic acids is 1. The summed E-state index contributed by atoms with van der Waals surface area (Å²) in [7, 11) is 1.27. The average Bonchev–Trinajstić information content (AvgIpc) is 3.87. The number of hydrogen-bond acceptors (Lipinski definition) is 9. The van der Waals surface area contributed by atoms with Crippen molar-refractivity contribution in [3.05, 3.63) is 172 Å².